The number of carbonyl (C=O) groups is 1. The summed E-state index contributed by atoms with van der Waals surface area (Å²) in [6.07, 6.45) is 5.22. The highest BCUT2D eigenvalue weighted by atomic mass is 32.2. The van der Waals surface area contributed by atoms with Gasteiger partial charge >= 0.3 is 0 Å². The van der Waals surface area contributed by atoms with Crippen LogP contribution in [0.4, 0.5) is 0 Å². The van der Waals surface area contributed by atoms with Gasteiger partial charge in [0.05, 0.1) is 5.69 Å². The predicted molar refractivity (Wildman–Crippen MR) is 118 cm³/mol. The van der Waals surface area contributed by atoms with Crippen molar-refractivity contribution < 1.29 is 13.2 Å². The van der Waals surface area contributed by atoms with Crippen LogP contribution in [0.2, 0.25) is 0 Å². The van der Waals surface area contributed by atoms with Crippen molar-refractivity contribution in [3.05, 3.63) is 42.1 Å². The molecule has 1 heterocycles. The highest BCUT2D eigenvalue weighted by Gasteiger charge is 2.25. The van der Waals surface area contributed by atoms with Crippen LogP contribution in [0.1, 0.15) is 44.7 Å². The molecule has 0 bridgehead atoms. The van der Waals surface area contributed by atoms with E-state index in [1.807, 2.05) is 36.4 Å². The number of nitrogens with one attached hydrogen (secondary N) is 2. The summed E-state index contributed by atoms with van der Waals surface area (Å²) in [4.78, 5) is 13.9. The van der Waals surface area contributed by atoms with Crippen molar-refractivity contribution in [1.29, 1.82) is 0 Å². The number of sulfonamides is 1. The Labute approximate surface area is 179 Å². The van der Waals surface area contributed by atoms with Crippen LogP contribution in [-0.4, -0.2) is 54.8 Å². The van der Waals surface area contributed by atoms with Crippen LogP contribution >= 0.6 is 0 Å². The lowest BCUT2D eigenvalue weighted by Gasteiger charge is -2.27. The fourth-order valence-electron chi connectivity index (χ4n) is 3.82. The number of nitrogens with zero attached hydrogens (tertiary/aromatic N) is 2. The zero-order valence-corrected chi connectivity index (χ0v) is 18.6. The average molecular weight is 433 g/mol. The minimum atomic E-state index is -3.60. The molecule has 30 heavy (non-hydrogen) atoms. The lowest BCUT2D eigenvalue weighted by Crippen LogP contribution is -2.43. The van der Waals surface area contributed by atoms with Gasteiger partial charge in [-0.3, -0.25) is 9.89 Å². The number of amides is 1. The maximum absolute atomic E-state index is 12.4. The Morgan fingerprint density at radius 1 is 1.20 bits per heavy atom. The number of hydrogen-bond acceptors (Lipinski definition) is 4. The normalized spacial score (nSPS) is 19.5. The fourth-order valence-corrected chi connectivity index (χ4v) is 5.20. The second-order valence-electron chi connectivity index (χ2n) is 8.40. The Hall–Kier alpha value is -2.19. The molecule has 1 saturated carbocycles. The molecule has 0 saturated heterocycles. The van der Waals surface area contributed by atoms with E-state index in [2.05, 4.69) is 21.8 Å². The predicted octanol–water partition coefficient (Wildman–Crippen LogP) is 2.97. The molecule has 8 heteroatoms. The van der Waals surface area contributed by atoms with Gasteiger partial charge < -0.3 is 4.90 Å². The molecule has 1 aliphatic rings. The van der Waals surface area contributed by atoms with Crippen molar-refractivity contribution in [2.24, 2.45) is 5.92 Å². The van der Waals surface area contributed by atoms with Crippen LogP contribution in [0.25, 0.3) is 11.3 Å². The first-order valence-corrected chi connectivity index (χ1v) is 12.3. The molecular formula is C22H32N4O3S. The number of aromatic amines is 1. The van der Waals surface area contributed by atoms with Gasteiger partial charge in [0.25, 0.3) is 0 Å². The fraction of sp³-hybridized carbons (Fsp3) is 0.545. The van der Waals surface area contributed by atoms with Crippen molar-refractivity contribution in [2.75, 3.05) is 19.3 Å². The first kappa shape index (κ1) is 22.5. The van der Waals surface area contributed by atoms with Crippen molar-refractivity contribution in [3.63, 3.8) is 0 Å². The zero-order chi connectivity index (χ0) is 21.6. The number of aromatic nitrogens is 2. The lowest BCUT2D eigenvalue weighted by molar-refractivity contribution is -0.127. The Morgan fingerprint density at radius 3 is 2.60 bits per heavy atom. The van der Waals surface area contributed by atoms with E-state index in [1.165, 1.54) is 4.90 Å². The van der Waals surface area contributed by atoms with Crippen LogP contribution in [-0.2, 0) is 21.2 Å². The number of aryl methyl sites for hydroxylation is 1. The van der Waals surface area contributed by atoms with Crippen LogP contribution in [0.15, 0.2) is 36.4 Å². The van der Waals surface area contributed by atoms with Gasteiger partial charge in [-0.05, 0) is 50.5 Å². The molecule has 1 aliphatic carbocycles. The number of carbonyl (C=O) groups excluding carboxylic acids is 1. The number of rotatable bonds is 9. The van der Waals surface area contributed by atoms with Gasteiger partial charge in [-0.15, -0.1) is 0 Å². The van der Waals surface area contributed by atoms with Gasteiger partial charge in [0.1, 0.15) is 5.75 Å². The highest BCUT2D eigenvalue weighted by molar-refractivity contribution is 7.90. The molecule has 164 valence electrons. The Morgan fingerprint density at radius 2 is 1.90 bits per heavy atom. The first-order valence-electron chi connectivity index (χ1n) is 10.7. The largest absolute Gasteiger partial charge is 0.345 e. The van der Waals surface area contributed by atoms with E-state index < -0.39 is 15.8 Å². The van der Waals surface area contributed by atoms with Crippen LogP contribution in [0.5, 0.6) is 0 Å². The Kier molecular flexibility index (Phi) is 7.66. The Balaban J connectivity index is 1.41. The number of hydrogen-bond donors (Lipinski definition) is 2. The summed E-state index contributed by atoms with van der Waals surface area (Å²) in [5.74, 6) is -0.212. The van der Waals surface area contributed by atoms with E-state index in [0.717, 1.165) is 55.5 Å². The summed E-state index contributed by atoms with van der Waals surface area (Å²) in [6.45, 7) is 2.68. The van der Waals surface area contributed by atoms with Crippen LogP contribution in [0.3, 0.4) is 0 Å². The van der Waals surface area contributed by atoms with Gasteiger partial charge in [0.15, 0.2) is 0 Å². The van der Waals surface area contributed by atoms with Gasteiger partial charge in [-0.2, -0.15) is 5.10 Å². The van der Waals surface area contributed by atoms with E-state index >= 15 is 0 Å². The summed E-state index contributed by atoms with van der Waals surface area (Å²) in [5.41, 5.74) is 2.94. The monoisotopic (exact) mass is 432 g/mol. The molecule has 3 rings (SSSR count). The minimum Gasteiger partial charge on any atom is -0.345 e. The maximum atomic E-state index is 12.4. The minimum absolute atomic E-state index is 0.0384. The molecule has 1 amide bonds. The topological polar surface area (TPSA) is 95.2 Å². The van der Waals surface area contributed by atoms with Crippen molar-refractivity contribution in [2.45, 2.75) is 51.5 Å². The summed E-state index contributed by atoms with van der Waals surface area (Å²) in [5, 5.41) is 7.37. The molecule has 1 aromatic heterocycles. The molecular weight excluding hydrogens is 400 g/mol. The summed E-state index contributed by atoms with van der Waals surface area (Å²) in [7, 11) is -1.95. The van der Waals surface area contributed by atoms with Gasteiger partial charge in [0.2, 0.25) is 15.9 Å². The van der Waals surface area contributed by atoms with Crippen molar-refractivity contribution in [3.8, 4) is 11.3 Å². The molecule has 1 aromatic carbocycles. The number of H-pyrrole nitrogens is 1. The molecule has 0 atom stereocenters. The van der Waals surface area contributed by atoms with E-state index in [9.17, 15) is 13.2 Å². The second-order valence-corrected chi connectivity index (χ2v) is 10.2. The van der Waals surface area contributed by atoms with Crippen molar-refractivity contribution in [1.82, 2.24) is 19.8 Å². The molecule has 0 spiro atoms. The first-order chi connectivity index (χ1) is 14.3. The SMILES string of the molecule is CC1CCC(NS(=O)(=O)CC(=O)N(C)CCCc2cc(-c3ccccc3)n[nH]2)CC1. The van der Waals surface area contributed by atoms with E-state index in [-0.39, 0.29) is 11.9 Å². The summed E-state index contributed by atoms with van der Waals surface area (Å²) in [6, 6.07) is 11.9. The third-order valence-electron chi connectivity index (χ3n) is 5.74. The Bertz CT molecular complexity index is 919. The molecule has 0 unspecified atom stereocenters. The highest BCUT2D eigenvalue weighted by Crippen LogP contribution is 2.24. The smallest absolute Gasteiger partial charge is 0.238 e. The molecule has 2 aromatic rings. The second kappa shape index (κ2) is 10.2. The van der Waals surface area contributed by atoms with E-state index in [1.54, 1.807) is 7.05 Å². The molecule has 1 fully saturated rings. The number of benzene rings is 1. The van der Waals surface area contributed by atoms with Gasteiger partial charge in [-0.25, -0.2) is 13.1 Å². The maximum Gasteiger partial charge on any atom is 0.238 e. The average Bonchev–Trinajstić information content (AvgIpc) is 3.19. The standard InChI is InChI=1S/C22H32N4O3S/c1-17-10-12-19(13-11-17)25-30(28,29)16-22(27)26(2)14-6-9-20-15-21(24-23-20)18-7-4-3-5-8-18/h3-5,7-8,15,17,19,25H,6,9-14,16H2,1-2H3,(H,23,24). The molecule has 2 N–H and O–H groups in total. The summed E-state index contributed by atoms with van der Waals surface area (Å²) < 4.78 is 27.4. The third-order valence-corrected chi connectivity index (χ3v) is 7.06. The van der Waals surface area contributed by atoms with E-state index in [0.29, 0.717) is 12.5 Å². The van der Waals surface area contributed by atoms with E-state index in [4.69, 9.17) is 0 Å². The van der Waals surface area contributed by atoms with Crippen LogP contribution < -0.4 is 4.72 Å². The molecule has 0 aliphatic heterocycles. The quantitative estimate of drug-likeness (QED) is 0.637. The lowest BCUT2D eigenvalue weighted by atomic mass is 9.88. The molecule has 7 nitrogen and oxygen atoms in total. The van der Waals surface area contributed by atoms with Crippen LogP contribution in [0, 0.1) is 5.92 Å². The van der Waals surface area contributed by atoms with Crippen molar-refractivity contribution >= 4 is 15.9 Å². The van der Waals surface area contributed by atoms with Gasteiger partial charge in [0, 0.05) is 30.9 Å². The zero-order valence-electron chi connectivity index (χ0n) is 17.8. The molecule has 0 radical (unpaired) electrons. The van der Waals surface area contributed by atoms with Gasteiger partial charge in [-0.1, -0.05) is 37.3 Å². The summed E-state index contributed by atoms with van der Waals surface area (Å²) >= 11 is 0. The third kappa shape index (κ3) is 6.67.